The van der Waals surface area contributed by atoms with E-state index in [1.807, 2.05) is 30.3 Å². The molecule has 0 aliphatic rings. The average molecular weight is 396 g/mol. The molecule has 0 atom stereocenters. The molecule has 1 aromatic carbocycles. The smallest absolute Gasteiger partial charge is 0.221 e. The highest BCUT2D eigenvalue weighted by Crippen LogP contribution is 2.39. The Morgan fingerprint density at radius 2 is 1.91 bits per heavy atom. The van der Waals surface area contributed by atoms with Crippen molar-refractivity contribution in [3.8, 4) is 5.69 Å². The molecule has 0 saturated carbocycles. The highest BCUT2D eigenvalue weighted by molar-refractivity contribution is 9.11. The molecule has 0 spiro atoms. The fraction of sp³-hybridized carbons (Fsp3) is 0.286. The van der Waals surface area contributed by atoms with E-state index in [2.05, 4.69) is 52.2 Å². The first kappa shape index (κ1) is 15.6. The first-order chi connectivity index (χ1) is 10.4. The SMILES string of the molecule is CC(C)(C)c1nc(Sc2nnnn2-c2ccccc2)sc1Br. The first-order valence-electron chi connectivity index (χ1n) is 6.63. The first-order valence-corrected chi connectivity index (χ1v) is 9.06. The number of hydrogen-bond acceptors (Lipinski definition) is 6. The van der Waals surface area contributed by atoms with Crippen LogP contribution in [0.4, 0.5) is 0 Å². The van der Waals surface area contributed by atoms with Crippen molar-refractivity contribution in [2.75, 3.05) is 0 Å². The predicted molar refractivity (Wildman–Crippen MR) is 91.8 cm³/mol. The lowest BCUT2D eigenvalue weighted by molar-refractivity contribution is 0.566. The Morgan fingerprint density at radius 3 is 2.55 bits per heavy atom. The maximum atomic E-state index is 4.72. The van der Waals surface area contributed by atoms with Gasteiger partial charge in [0.15, 0.2) is 4.34 Å². The third kappa shape index (κ3) is 3.23. The predicted octanol–water partition coefficient (Wildman–Crippen LogP) is 4.33. The number of nitrogens with zero attached hydrogens (tertiary/aromatic N) is 5. The van der Waals surface area contributed by atoms with Crippen LogP contribution in [0.15, 0.2) is 43.6 Å². The minimum Gasteiger partial charge on any atom is -0.232 e. The summed E-state index contributed by atoms with van der Waals surface area (Å²) in [7, 11) is 0. The molecule has 22 heavy (non-hydrogen) atoms. The summed E-state index contributed by atoms with van der Waals surface area (Å²) in [6.07, 6.45) is 0. The van der Waals surface area contributed by atoms with Gasteiger partial charge in [0, 0.05) is 5.41 Å². The van der Waals surface area contributed by atoms with Gasteiger partial charge in [-0.05, 0) is 50.3 Å². The Balaban J connectivity index is 1.91. The highest BCUT2D eigenvalue weighted by Gasteiger charge is 2.23. The van der Waals surface area contributed by atoms with Crippen molar-refractivity contribution in [3.05, 3.63) is 39.8 Å². The maximum absolute atomic E-state index is 4.72. The van der Waals surface area contributed by atoms with Crippen molar-refractivity contribution >= 4 is 39.0 Å². The van der Waals surface area contributed by atoms with E-state index in [0.717, 1.165) is 19.5 Å². The Hall–Kier alpha value is -1.25. The molecule has 8 heteroatoms. The summed E-state index contributed by atoms with van der Waals surface area (Å²) in [5, 5.41) is 12.6. The topological polar surface area (TPSA) is 56.5 Å². The van der Waals surface area contributed by atoms with Gasteiger partial charge in [-0.3, -0.25) is 0 Å². The largest absolute Gasteiger partial charge is 0.232 e. The molecule has 0 saturated heterocycles. The lowest BCUT2D eigenvalue weighted by atomic mass is 9.93. The molecular weight excluding hydrogens is 382 g/mol. The maximum Gasteiger partial charge on any atom is 0.221 e. The van der Waals surface area contributed by atoms with E-state index in [4.69, 9.17) is 4.98 Å². The Kier molecular flexibility index (Phi) is 4.33. The molecule has 2 heterocycles. The zero-order valence-corrected chi connectivity index (χ0v) is 15.5. The molecule has 0 bridgehead atoms. The Morgan fingerprint density at radius 1 is 1.18 bits per heavy atom. The van der Waals surface area contributed by atoms with Crippen molar-refractivity contribution < 1.29 is 0 Å². The molecule has 3 rings (SSSR count). The summed E-state index contributed by atoms with van der Waals surface area (Å²) >= 11 is 6.68. The van der Waals surface area contributed by atoms with Crippen LogP contribution in [-0.2, 0) is 5.41 Å². The van der Waals surface area contributed by atoms with Gasteiger partial charge in [0.1, 0.15) is 0 Å². The van der Waals surface area contributed by atoms with E-state index in [9.17, 15) is 0 Å². The number of tetrazole rings is 1. The second-order valence-corrected chi connectivity index (χ2v) is 9.19. The second-order valence-electron chi connectivity index (χ2n) is 5.66. The van der Waals surface area contributed by atoms with Gasteiger partial charge in [0.05, 0.1) is 15.2 Å². The molecule has 0 radical (unpaired) electrons. The highest BCUT2D eigenvalue weighted by atomic mass is 79.9. The number of thiazole rings is 1. The molecular formula is C14H14BrN5S2. The van der Waals surface area contributed by atoms with E-state index in [0.29, 0.717) is 5.16 Å². The van der Waals surface area contributed by atoms with Crippen LogP contribution in [0.1, 0.15) is 26.5 Å². The second kappa shape index (κ2) is 6.10. The average Bonchev–Trinajstić information content (AvgIpc) is 3.06. The summed E-state index contributed by atoms with van der Waals surface area (Å²) in [6.45, 7) is 6.44. The van der Waals surface area contributed by atoms with Gasteiger partial charge >= 0.3 is 0 Å². The van der Waals surface area contributed by atoms with Gasteiger partial charge in [-0.15, -0.1) is 5.10 Å². The van der Waals surface area contributed by atoms with Gasteiger partial charge in [-0.1, -0.05) is 50.3 Å². The quantitative estimate of drug-likeness (QED) is 0.660. The summed E-state index contributed by atoms with van der Waals surface area (Å²) in [5.74, 6) is 0. The minimum absolute atomic E-state index is 0.000500. The van der Waals surface area contributed by atoms with Gasteiger partial charge < -0.3 is 0 Å². The van der Waals surface area contributed by atoms with Gasteiger partial charge in [0.2, 0.25) is 5.16 Å². The molecule has 5 nitrogen and oxygen atoms in total. The van der Waals surface area contributed by atoms with Crippen LogP contribution >= 0.6 is 39.0 Å². The third-order valence-corrected chi connectivity index (χ3v) is 5.60. The van der Waals surface area contributed by atoms with E-state index in [-0.39, 0.29) is 5.41 Å². The summed E-state index contributed by atoms with van der Waals surface area (Å²) < 4.78 is 3.70. The Labute approximate surface area is 145 Å². The number of rotatable bonds is 3. The molecule has 0 fully saturated rings. The fourth-order valence-electron chi connectivity index (χ4n) is 1.84. The van der Waals surface area contributed by atoms with Gasteiger partial charge in [0.25, 0.3) is 0 Å². The van der Waals surface area contributed by atoms with E-state index in [1.165, 1.54) is 11.8 Å². The van der Waals surface area contributed by atoms with Crippen molar-refractivity contribution in [1.82, 2.24) is 25.2 Å². The third-order valence-electron chi connectivity index (χ3n) is 2.90. The Bertz CT molecular complexity index is 776. The summed E-state index contributed by atoms with van der Waals surface area (Å²) in [5.41, 5.74) is 1.99. The van der Waals surface area contributed by atoms with E-state index >= 15 is 0 Å². The number of hydrogen-bond donors (Lipinski definition) is 0. The molecule has 2 aromatic heterocycles. The zero-order valence-electron chi connectivity index (χ0n) is 12.3. The van der Waals surface area contributed by atoms with E-state index in [1.54, 1.807) is 16.0 Å². The fourth-order valence-corrected chi connectivity index (χ4v) is 5.28. The number of aromatic nitrogens is 5. The number of halogens is 1. The van der Waals surface area contributed by atoms with E-state index < -0.39 is 0 Å². The van der Waals surface area contributed by atoms with Crippen LogP contribution < -0.4 is 0 Å². The lowest BCUT2D eigenvalue weighted by Crippen LogP contribution is -2.12. The zero-order chi connectivity index (χ0) is 15.7. The minimum atomic E-state index is -0.000500. The summed E-state index contributed by atoms with van der Waals surface area (Å²) in [4.78, 5) is 4.72. The molecule has 0 amide bonds. The van der Waals surface area contributed by atoms with Crippen LogP contribution in [0.3, 0.4) is 0 Å². The normalized spacial score (nSPS) is 11.8. The molecule has 3 aromatic rings. The van der Waals surface area contributed by atoms with Crippen molar-refractivity contribution in [2.24, 2.45) is 0 Å². The lowest BCUT2D eigenvalue weighted by Gasteiger charge is -2.15. The van der Waals surface area contributed by atoms with Crippen LogP contribution in [0.5, 0.6) is 0 Å². The van der Waals surface area contributed by atoms with Crippen LogP contribution in [0.25, 0.3) is 5.69 Å². The van der Waals surface area contributed by atoms with Crippen LogP contribution in [0, 0.1) is 0 Å². The standard InChI is InChI=1S/C14H14BrN5S2/c1-14(2,3)10-11(15)21-13(16-10)22-12-17-18-19-20(12)9-7-5-4-6-8-9/h4-8H,1-3H3. The van der Waals surface area contributed by atoms with Crippen LogP contribution in [-0.4, -0.2) is 25.2 Å². The van der Waals surface area contributed by atoms with Crippen molar-refractivity contribution in [2.45, 2.75) is 35.7 Å². The van der Waals surface area contributed by atoms with Gasteiger partial charge in [-0.25, -0.2) is 4.98 Å². The molecule has 114 valence electrons. The van der Waals surface area contributed by atoms with Crippen molar-refractivity contribution in [1.29, 1.82) is 0 Å². The van der Waals surface area contributed by atoms with Gasteiger partial charge in [-0.2, -0.15) is 4.68 Å². The molecule has 0 N–H and O–H groups in total. The van der Waals surface area contributed by atoms with Crippen molar-refractivity contribution in [3.63, 3.8) is 0 Å². The number of para-hydroxylation sites is 1. The molecule has 0 aliphatic heterocycles. The monoisotopic (exact) mass is 395 g/mol. The molecule has 0 unspecified atom stereocenters. The number of benzene rings is 1. The van der Waals surface area contributed by atoms with Crippen LogP contribution in [0.2, 0.25) is 0 Å². The summed E-state index contributed by atoms with van der Waals surface area (Å²) in [6, 6.07) is 9.83. The molecule has 0 aliphatic carbocycles.